The molecule has 0 unspecified atom stereocenters. The number of nitrogens with zero attached hydrogens (tertiary/aromatic N) is 3. The van der Waals surface area contributed by atoms with E-state index in [4.69, 9.17) is 0 Å². The van der Waals surface area contributed by atoms with E-state index < -0.39 is 0 Å². The first kappa shape index (κ1) is 10.5. The molecule has 84 valence electrons. The average molecular weight is 208 g/mol. The number of imidazole rings is 1. The summed E-state index contributed by atoms with van der Waals surface area (Å²) in [5, 5.41) is 3.16. The van der Waals surface area contributed by atoms with Crippen LogP contribution < -0.4 is 10.2 Å². The molecule has 0 atom stereocenters. The number of anilines is 1. The number of hydrogen-bond donors (Lipinski definition) is 1. The van der Waals surface area contributed by atoms with Crippen LogP contribution in [0.4, 0.5) is 5.95 Å². The van der Waals surface area contributed by atoms with E-state index in [1.807, 2.05) is 7.05 Å². The third kappa shape index (κ3) is 2.31. The molecule has 1 aromatic heterocycles. The van der Waals surface area contributed by atoms with Gasteiger partial charge >= 0.3 is 0 Å². The topological polar surface area (TPSA) is 33.1 Å². The maximum absolute atomic E-state index is 4.59. The molecule has 0 bridgehead atoms. The Balaban J connectivity index is 2.11. The SMILES string of the molecule is CNCCN(C)c1nc(C)cn1C1CC1. The van der Waals surface area contributed by atoms with Gasteiger partial charge in [-0.3, -0.25) is 0 Å². The minimum Gasteiger partial charge on any atom is -0.344 e. The molecule has 2 rings (SSSR count). The highest BCUT2D eigenvalue weighted by Crippen LogP contribution is 2.37. The van der Waals surface area contributed by atoms with Crippen LogP contribution in [0.3, 0.4) is 0 Å². The van der Waals surface area contributed by atoms with Gasteiger partial charge in [0.25, 0.3) is 0 Å². The highest BCUT2D eigenvalue weighted by atomic mass is 15.3. The Kier molecular flexibility index (Phi) is 2.95. The van der Waals surface area contributed by atoms with E-state index >= 15 is 0 Å². The average Bonchev–Trinajstić information content (AvgIpc) is 2.98. The fourth-order valence-corrected chi connectivity index (χ4v) is 1.79. The van der Waals surface area contributed by atoms with Crippen LogP contribution in [0.15, 0.2) is 6.20 Å². The van der Waals surface area contributed by atoms with E-state index in [0.29, 0.717) is 6.04 Å². The van der Waals surface area contributed by atoms with Crippen LogP contribution in [0.5, 0.6) is 0 Å². The molecule has 4 nitrogen and oxygen atoms in total. The van der Waals surface area contributed by atoms with Crippen molar-refractivity contribution in [2.75, 3.05) is 32.1 Å². The molecular weight excluding hydrogens is 188 g/mol. The molecule has 0 radical (unpaired) electrons. The van der Waals surface area contributed by atoms with Crippen LogP contribution in [0.25, 0.3) is 0 Å². The maximum Gasteiger partial charge on any atom is 0.205 e. The number of rotatable bonds is 5. The second-order valence-corrected chi connectivity index (χ2v) is 4.35. The van der Waals surface area contributed by atoms with E-state index in [2.05, 4.69) is 39.9 Å². The predicted octanol–water partition coefficient (Wildman–Crippen LogP) is 1.18. The minimum atomic E-state index is 0.707. The zero-order valence-electron chi connectivity index (χ0n) is 9.82. The van der Waals surface area contributed by atoms with Gasteiger partial charge in [-0.25, -0.2) is 4.98 Å². The van der Waals surface area contributed by atoms with Crippen LogP contribution in [0.2, 0.25) is 0 Å². The van der Waals surface area contributed by atoms with Crippen molar-refractivity contribution in [2.45, 2.75) is 25.8 Å². The van der Waals surface area contributed by atoms with Gasteiger partial charge in [0.15, 0.2) is 0 Å². The van der Waals surface area contributed by atoms with Gasteiger partial charge in [0.05, 0.1) is 5.69 Å². The lowest BCUT2D eigenvalue weighted by atomic mass is 10.5. The number of aromatic nitrogens is 2. The largest absolute Gasteiger partial charge is 0.344 e. The zero-order valence-corrected chi connectivity index (χ0v) is 9.82. The minimum absolute atomic E-state index is 0.707. The number of hydrogen-bond acceptors (Lipinski definition) is 3. The molecule has 1 fully saturated rings. The van der Waals surface area contributed by atoms with E-state index in [9.17, 15) is 0 Å². The van der Waals surface area contributed by atoms with Crippen molar-refractivity contribution in [1.29, 1.82) is 0 Å². The predicted molar refractivity (Wildman–Crippen MR) is 62.4 cm³/mol. The number of likely N-dealkylation sites (N-methyl/N-ethyl adjacent to an activating group) is 2. The molecule has 1 aliphatic rings. The second kappa shape index (κ2) is 4.23. The second-order valence-electron chi connectivity index (χ2n) is 4.35. The maximum atomic E-state index is 4.59. The summed E-state index contributed by atoms with van der Waals surface area (Å²) < 4.78 is 2.32. The summed E-state index contributed by atoms with van der Waals surface area (Å²) in [5.74, 6) is 1.12. The van der Waals surface area contributed by atoms with E-state index in [1.165, 1.54) is 12.8 Å². The molecule has 0 aromatic carbocycles. The van der Waals surface area contributed by atoms with E-state index in [1.54, 1.807) is 0 Å². The first-order chi connectivity index (χ1) is 7.22. The van der Waals surface area contributed by atoms with Gasteiger partial charge in [0, 0.05) is 32.4 Å². The van der Waals surface area contributed by atoms with Gasteiger partial charge < -0.3 is 14.8 Å². The molecule has 1 aliphatic carbocycles. The molecule has 0 aliphatic heterocycles. The summed E-state index contributed by atoms with van der Waals surface area (Å²) in [4.78, 5) is 6.81. The van der Waals surface area contributed by atoms with Crippen LogP contribution in [-0.2, 0) is 0 Å². The normalized spacial score (nSPS) is 15.7. The first-order valence-electron chi connectivity index (χ1n) is 5.63. The molecule has 0 spiro atoms. The van der Waals surface area contributed by atoms with Crippen molar-refractivity contribution in [3.8, 4) is 0 Å². The van der Waals surface area contributed by atoms with Crippen molar-refractivity contribution >= 4 is 5.95 Å². The first-order valence-corrected chi connectivity index (χ1v) is 5.63. The molecule has 1 aromatic rings. The van der Waals surface area contributed by atoms with Crippen molar-refractivity contribution in [3.05, 3.63) is 11.9 Å². The molecule has 4 heteroatoms. The third-order valence-electron chi connectivity index (χ3n) is 2.81. The molecular formula is C11H20N4. The quantitative estimate of drug-likeness (QED) is 0.789. The molecule has 1 N–H and O–H groups in total. The number of nitrogens with one attached hydrogen (secondary N) is 1. The summed E-state index contributed by atoms with van der Waals surface area (Å²) in [6.45, 7) is 4.06. The lowest BCUT2D eigenvalue weighted by Crippen LogP contribution is -2.29. The summed E-state index contributed by atoms with van der Waals surface area (Å²) in [6, 6.07) is 0.707. The van der Waals surface area contributed by atoms with Gasteiger partial charge in [-0.2, -0.15) is 0 Å². The van der Waals surface area contributed by atoms with Crippen molar-refractivity contribution in [1.82, 2.24) is 14.9 Å². The third-order valence-corrected chi connectivity index (χ3v) is 2.81. The summed E-state index contributed by atoms with van der Waals surface area (Å²) in [6.07, 6.45) is 4.79. The summed E-state index contributed by atoms with van der Waals surface area (Å²) >= 11 is 0. The Labute approximate surface area is 91.3 Å². The molecule has 0 saturated heterocycles. The Morgan fingerprint density at radius 1 is 1.60 bits per heavy atom. The van der Waals surface area contributed by atoms with Crippen LogP contribution in [-0.4, -0.2) is 36.7 Å². The van der Waals surface area contributed by atoms with Crippen LogP contribution >= 0.6 is 0 Å². The highest BCUT2D eigenvalue weighted by Gasteiger charge is 2.27. The lowest BCUT2D eigenvalue weighted by molar-refractivity contribution is 0.691. The van der Waals surface area contributed by atoms with E-state index in [-0.39, 0.29) is 0 Å². The fraction of sp³-hybridized carbons (Fsp3) is 0.727. The van der Waals surface area contributed by atoms with Crippen molar-refractivity contribution in [2.24, 2.45) is 0 Å². The van der Waals surface area contributed by atoms with Gasteiger partial charge in [0.1, 0.15) is 0 Å². The Morgan fingerprint density at radius 3 is 2.93 bits per heavy atom. The molecule has 1 saturated carbocycles. The van der Waals surface area contributed by atoms with Gasteiger partial charge in [-0.15, -0.1) is 0 Å². The zero-order chi connectivity index (χ0) is 10.8. The van der Waals surface area contributed by atoms with Crippen LogP contribution in [0.1, 0.15) is 24.6 Å². The monoisotopic (exact) mass is 208 g/mol. The fourth-order valence-electron chi connectivity index (χ4n) is 1.79. The summed E-state index contributed by atoms with van der Waals surface area (Å²) in [7, 11) is 4.09. The van der Waals surface area contributed by atoms with Crippen LogP contribution in [0, 0.1) is 6.92 Å². The van der Waals surface area contributed by atoms with Gasteiger partial charge in [-0.05, 0) is 26.8 Å². The lowest BCUT2D eigenvalue weighted by Gasteiger charge is -2.19. The van der Waals surface area contributed by atoms with Gasteiger partial charge in [0.2, 0.25) is 5.95 Å². The molecule has 1 heterocycles. The smallest absolute Gasteiger partial charge is 0.205 e. The van der Waals surface area contributed by atoms with Crippen molar-refractivity contribution in [3.63, 3.8) is 0 Å². The Hall–Kier alpha value is -1.03. The molecule has 15 heavy (non-hydrogen) atoms. The van der Waals surface area contributed by atoms with Crippen molar-refractivity contribution < 1.29 is 0 Å². The van der Waals surface area contributed by atoms with Gasteiger partial charge in [-0.1, -0.05) is 0 Å². The molecule has 0 amide bonds. The number of aryl methyl sites for hydroxylation is 1. The van der Waals surface area contributed by atoms with E-state index in [0.717, 1.165) is 24.7 Å². The Morgan fingerprint density at radius 2 is 2.33 bits per heavy atom. The highest BCUT2D eigenvalue weighted by molar-refractivity contribution is 5.33. The summed E-state index contributed by atoms with van der Waals surface area (Å²) in [5.41, 5.74) is 1.12. The standard InChI is InChI=1S/C11H20N4/c1-9-8-15(10-4-5-10)11(13-9)14(3)7-6-12-2/h8,10,12H,4-7H2,1-3H3. The Bertz CT molecular complexity index is 327.